The number of carbonyl (C=O) groups excluding carboxylic acids is 1. The summed E-state index contributed by atoms with van der Waals surface area (Å²) in [5.74, 6) is 2.63. The number of thiocarbonyl (C=S) groups is 1. The van der Waals surface area contributed by atoms with E-state index >= 15 is 0 Å². The van der Waals surface area contributed by atoms with Crippen LogP contribution in [0.15, 0.2) is 24.3 Å². The fourth-order valence-electron chi connectivity index (χ4n) is 5.90. The van der Waals surface area contributed by atoms with Gasteiger partial charge in [0.15, 0.2) is 5.11 Å². The van der Waals surface area contributed by atoms with Crippen LogP contribution in [0.1, 0.15) is 55.8 Å². The quantitative estimate of drug-likeness (QED) is 0.507. The third-order valence-corrected chi connectivity index (χ3v) is 7.56. The Hall–Kier alpha value is -0.690. The summed E-state index contributed by atoms with van der Waals surface area (Å²) in [5, 5.41) is 6.78. The van der Waals surface area contributed by atoms with Crippen molar-refractivity contribution in [3.63, 3.8) is 0 Å². The van der Waals surface area contributed by atoms with Gasteiger partial charge < -0.3 is 5.32 Å². The topological polar surface area (TPSA) is 41.1 Å². The highest BCUT2D eigenvalue weighted by molar-refractivity contribution is 14.1. The van der Waals surface area contributed by atoms with Crippen molar-refractivity contribution in [1.82, 2.24) is 10.6 Å². The Balaban J connectivity index is 1.38. The lowest BCUT2D eigenvalue weighted by molar-refractivity contribution is -0.0672. The first-order valence-electron chi connectivity index (χ1n) is 9.31. The Kier molecular flexibility index (Phi) is 4.82. The number of nitrogens with one attached hydrogen (secondary N) is 2. The van der Waals surface area contributed by atoms with Gasteiger partial charge in [-0.25, -0.2) is 0 Å². The molecule has 4 bridgehead atoms. The van der Waals surface area contributed by atoms with Gasteiger partial charge in [-0.05, 0) is 122 Å². The Labute approximate surface area is 168 Å². The highest BCUT2D eigenvalue weighted by atomic mass is 127. The number of halogens is 1. The third kappa shape index (κ3) is 3.59. The molecule has 5 rings (SSSR count). The van der Waals surface area contributed by atoms with Crippen molar-refractivity contribution in [2.24, 2.45) is 23.2 Å². The highest BCUT2D eigenvalue weighted by Crippen LogP contribution is 2.61. The molecule has 5 heteroatoms. The molecule has 0 spiro atoms. The minimum Gasteiger partial charge on any atom is -0.359 e. The summed E-state index contributed by atoms with van der Waals surface area (Å²) in [7, 11) is 0. The van der Waals surface area contributed by atoms with Gasteiger partial charge in [0, 0.05) is 15.2 Å². The van der Waals surface area contributed by atoms with Crippen LogP contribution in [0.3, 0.4) is 0 Å². The van der Waals surface area contributed by atoms with Crippen LogP contribution in [0, 0.1) is 26.7 Å². The van der Waals surface area contributed by atoms with E-state index in [0.29, 0.717) is 22.1 Å². The van der Waals surface area contributed by atoms with E-state index in [1.807, 2.05) is 24.3 Å². The predicted octanol–water partition coefficient (Wildman–Crippen LogP) is 4.50. The maximum Gasteiger partial charge on any atom is 0.257 e. The molecule has 134 valence electrons. The van der Waals surface area contributed by atoms with E-state index in [0.717, 1.165) is 21.3 Å². The molecule has 0 saturated heterocycles. The molecule has 0 aromatic heterocycles. The molecule has 0 heterocycles. The maximum atomic E-state index is 12.4. The Morgan fingerprint density at radius 3 is 2.36 bits per heavy atom. The summed E-state index contributed by atoms with van der Waals surface area (Å²) in [4.78, 5) is 12.4. The van der Waals surface area contributed by atoms with Crippen LogP contribution < -0.4 is 10.6 Å². The van der Waals surface area contributed by atoms with Crippen LogP contribution >= 0.6 is 34.8 Å². The number of rotatable bonds is 3. The molecule has 0 aliphatic heterocycles. The van der Waals surface area contributed by atoms with Gasteiger partial charge >= 0.3 is 0 Å². The minimum absolute atomic E-state index is 0.131. The van der Waals surface area contributed by atoms with Gasteiger partial charge in [0.2, 0.25) is 0 Å². The molecule has 25 heavy (non-hydrogen) atoms. The average Bonchev–Trinajstić information content (AvgIpc) is 2.53. The first-order valence-corrected chi connectivity index (χ1v) is 10.8. The van der Waals surface area contributed by atoms with Gasteiger partial charge in [0.25, 0.3) is 5.91 Å². The largest absolute Gasteiger partial charge is 0.359 e. The lowest BCUT2D eigenvalue weighted by atomic mass is 9.48. The zero-order valence-electron chi connectivity index (χ0n) is 14.6. The first kappa shape index (κ1) is 17.7. The fraction of sp³-hybridized carbons (Fsp3) is 0.600. The molecule has 4 saturated carbocycles. The van der Waals surface area contributed by atoms with Crippen molar-refractivity contribution < 1.29 is 4.79 Å². The van der Waals surface area contributed by atoms with Gasteiger partial charge in [-0.15, -0.1) is 0 Å². The number of amides is 1. The normalized spacial score (nSPS) is 33.8. The van der Waals surface area contributed by atoms with Gasteiger partial charge in [0.1, 0.15) is 0 Å². The summed E-state index contributed by atoms with van der Waals surface area (Å²) in [6.07, 6.45) is 8.33. The summed E-state index contributed by atoms with van der Waals surface area (Å²) < 4.78 is 1.05. The van der Waals surface area contributed by atoms with Crippen LogP contribution in [0.5, 0.6) is 0 Å². The first-order chi connectivity index (χ1) is 11.9. The van der Waals surface area contributed by atoms with Crippen LogP contribution in [0.4, 0.5) is 0 Å². The van der Waals surface area contributed by atoms with Crippen molar-refractivity contribution in [3.8, 4) is 0 Å². The second-order valence-corrected chi connectivity index (χ2v) is 10.1. The van der Waals surface area contributed by atoms with Crippen molar-refractivity contribution in [2.75, 3.05) is 0 Å². The summed E-state index contributed by atoms with van der Waals surface area (Å²) in [6.45, 7) is 2.26. The maximum absolute atomic E-state index is 12.4. The van der Waals surface area contributed by atoms with E-state index in [2.05, 4.69) is 40.1 Å². The zero-order chi connectivity index (χ0) is 17.6. The second kappa shape index (κ2) is 6.80. The Morgan fingerprint density at radius 2 is 1.80 bits per heavy atom. The third-order valence-electron chi connectivity index (χ3n) is 6.67. The van der Waals surface area contributed by atoms with Gasteiger partial charge in [0.05, 0.1) is 0 Å². The Morgan fingerprint density at radius 1 is 1.20 bits per heavy atom. The summed E-state index contributed by atoms with van der Waals surface area (Å²) >= 11 is 7.66. The molecule has 2 N–H and O–H groups in total. The zero-order valence-corrected chi connectivity index (χ0v) is 17.5. The monoisotopic (exact) mass is 468 g/mol. The van der Waals surface area contributed by atoms with E-state index in [-0.39, 0.29) is 5.91 Å². The van der Waals surface area contributed by atoms with E-state index < -0.39 is 0 Å². The molecule has 1 aromatic rings. The van der Waals surface area contributed by atoms with Crippen LogP contribution in [0.25, 0.3) is 0 Å². The molecular formula is C20H25IN2OS. The molecule has 0 radical (unpaired) electrons. The molecular weight excluding hydrogens is 443 g/mol. The van der Waals surface area contributed by atoms with E-state index in [1.54, 1.807) is 0 Å². The standard InChI is InChI=1S/C20H25IN2OS/c1-12(20-9-13-5-14(10-20)7-15(6-13)11-20)22-19(25)23-18(24)16-3-2-4-17(21)8-16/h2-4,8,12-15H,5-7,9-11H2,1H3,(H2,22,23,24,25)/t12-,13?,14?,15?,20?/m1/s1. The number of hydrogen-bond acceptors (Lipinski definition) is 2. The van der Waals surface area contributed by atoms with Gasteiger partial charge in [-0.2, -0.15) is 0 Å². The van der Waals surface area contributed by atoms with E-state index in [9.17, 15) is 4.79 Å². The van der Waals surface area contributed by atoms with E-state index in [1.165, 1.54) is 38.5 Å². The van der Waals surface area contributed by atoms with Crippen molar-refractivity contribution in [2.45, 2.75) is 51.5 Å². The molecule has 1 aromatic carbocycles. The highest BCUT2D eigenvalue weighted by Gasteiger charge is 2.53. The molecule has 4 aliphatic rings. The fourth-order valence-corrected chi connectivity index (χ4v) is 6.71. The lowest BCUT2D eigenvalue weighted by Gasteiger charge is -2.59. The number of benzene rings is 1. The molecule has 4 aliphatic carbocycles. The van der Waals surface area contributed by atoms with Gasteiger partial charge in [-0.1, -0.05) is 6.07 Å². The SMILES string of the molecule is C[C@@H](NC(=S)NC(=O)c1cccc(I)c1)C12CC3CC(CC(C3)C1)C2. The van der Waals surface area contributed by atoms with Crippen LogP contribution in [-0.2, 0) is 0 Å². The number of carbonyl (C=O) groups is 1. The molecule has 4 fully saturated rings. The van der Waals surface area contributed by atoms with E-state index in [4.69, 9.17) is 12.2 Å². The molecule has 3 nitrogen and oxygen atoms in total. The molecule has 1 atom stereocenters. The van der Waals surface area contributed by atoms with Crippen LogP contribution in [0.2, 0.25) is 0 Å². The average molecular weight is 468 g/mol. The predicted molar refractivity (Wildman–Crippen MR) is 112 cm³/mol. The Bertz CT molecular complexity index is 669. The molecule has 1 amide bonds. The second-order valence-electron chi connectivity index (χ2n) is 8.44. The summed E-state index contributed by atoms with van der Waals surface area (Å²) in [6, 6.07) is 7.89. The summed E-state index contributed by atoms with van der Waals surface area (Å²) in [5.41, 5.74) is 1.03. The van der Waals surface area contributed by atoms with Crippen molar-refractivity contribution >= 4 is 45.8 Å². The lowest BCUT2D eigenvalue weighted by Crippen LogP contribution is -2.57. The van der Waals surface area contributed by atoms with Crippen molar-refractivity contribution in [1.29, 1.82) is 0 Å². The van der Waals surface area contributed by atoms with Gasteiger partial charge in [-0.3, -0.25) is 10.1 Å². The number of hydrogen-bond donors (Lipinski definition) is 2. The minimum atomic E-state index is -0.131. The van der Waals surface area contributed by atoms with Crippen molar-refractivity contribution in [3.05, 3.63) is 33.4 Å². The molecule has 0 unspecified atom stereocenters. The smallest absolute Gasteiger partial charge is 0.257 e. The van der Waals surface area contributed by atoms with Crippen LogP contribution in [-0.4, -0.2) is 17.1 Å².